The summed E-state index contributed by atoms with van der Waals surface area (Å²) in [5.41, 5.74) is 2.58. The van der Waals surface area contributed by atoms with Crippen molar-refractivity contribution in [2.75, 3.05) is 13.3 Å². The molecule has 0 radical (unpaired) electrons. The lowest BCUT2D eigenvalue weighted by molar-refractivity contribution is 0.311. The number of hydrogen-bond acceptors (Lipinski definition) is 8. The van der Waals surface area contributed by atoms with Crippen LogP contribution in [0.3, 0.4) is 0 Å². The third kappa shape index (κ3) is 3.58. The summed E-state index contributed by atoms with van der Waals surface area (Å²) in [7, 11) is 2.00. The number of fused-ring (bicyclic) bond motifs is 1. The molecule has 0 saturated heterocycles. The van der Waals surface area contributed by atoms with Crippen molar-refractivity contribution in [2.45, 2.75) is 17.4 Å². The molecule has 4 aromatic rings. The highest BCUT2D eigenvalue weighted by atomic mass is 32.2. The van der Waals surface area contributed by atoms with Crippen molar-refractivity contribution in [2.24, 2.45) is 0 Å². The van der Waals surface area contributed by atoms with Crippen LogP contribution in [0.2, 0.25) is 0 Å². The molecule has 10 heteroatoms. The van der Waals surface area contributed by atoms with Crippen LogP contribution in [0.15, 0.2) is 38.8 Å². The summed E-state index contributed by atoms with van der Waals surface area (Å²) >= 11 is 4.61. The zero-order chi connectivity index (χ0) is 18.1. The van der Waals surface area contributed by atoms with Gasteiger partial charge in [-0.3, -0.25) is 14.8 Å². The predicted molar refractivity (Wildman–Crippen MR) is 106 cm³/mol. The van der Waals surface area contributed by atoms with Gasteiger partial charge < -0.3 is 0 Å². The van der Waals surface area contributed by atoms with Crippen LogP contribution in [-0.2, 0) is 13.1 Å². The van der Waals surface area contributed by atoms with Crippen LogP contribution in [0.4, 0.5) is 0 Å². The van der Waals surface area contributed by atoms with Gasteiger partial charge in [-0.2, -0.15) is 9.61 Å². The first-order valence-electron chi connectivity index (χ1n) is 7.83. The normalized spacial score (nSPS) is 11.7. The van der Waals surface area contributed by atoms with Crippen molar-refractivity contribution in [3.8, 4) is 10.6 Å². The molecule has 0 aromatic carbocycles. The molecule has 134 valence electrons. The summed E-state index contributed by atoms with van der Waals surface area (Å²) in [5.74, 6) is 0. The van der Waals surface area contributed by atoms with Crippen LogP contribution in [0.5, 0.6) is 0 Å². The third-order valence-electron chi connectivity index (χ3n) is 3.73. The molecule has 0 aliphatic rings. The van der Waals surface area contributed by atoms with Gasteiger partial charge in [-0.15, -0.1) is 16.4 Å². The van der Waals surface area contributed by atoms with Crippen molar-refractivity contribution in [3.63, 3.8) is 0 Å². The molecule has 4 heterocycles. The Hall–Kier alpha value is -2.01. The second-order valence-corrected chi connectivity index (χ2v) is 8.74. The minimum atomic E-state index is -0.142. The van der Waals surface area contributed by atoms with Gasteiger partial charge in [0.2, 0.25) is 4.96 Å². The van der Waals surface area contributed by atoms with E-state index < -0.39 is 0 Å². The van der Waals surface area contributed by atoms with E-state index in [0.29, 0.717) is 18.1 Å². The van der Waals surface area contributed by atoms with Crippen LogP contribution in [-0.4, -0.2) is 43.0 Å². The number of H-pyrrole nitrogens is 1. The maximum atomic E-state index is 12.2. The maximum absolute atomic E-state index is 12.2. The molecule has 0 saturated carbocycles. The molecule has 4 aromatic heterocycles. The fourth-order valence-corrected chi connectivity index (χ4v) is 4.68. The molecule has 0 aliphatic heterocycles. The van der Waals surface area contributed by atoms with E-state index in [4.69, 9.17) is 0 Å². The van der Waals surface area contributed by atoms with Gasteiger partial charge in [-0.1, -0.05) is 29.2 Å². The smallest absolute Gasteiger partial charge is 0.275 e. The van der Waals surface area contributed by atoms with E-state index in [1.165, 1.54) is 27.6 Å². The Balaban J connectivity index is 1.48. The molecule has 0 aliphatic carbocycles. The first kappa shape index (κ1) is 17.4. The van der Waals surface area contributed by atoms with Gasteiger partial charge in [0.1, 0.15) is 5.69 Å². The second-order valence-electron chi connectivity index (χ2n) is 5.78. The Kier molecular flexibility index (Phi) is 4.90. The van der Waals surface area contributed by atoms with Gasteiger partial charge in [-0.05, 0) is 30.8 Å². The lowest BCUT2D eigenvalue weighted by Gasteiger charge is -2.14. The van der Waals surface area contributed by atoms with Crippen molar-refractivity contribution in [3.05, 3.63) is 51.4 Å². The molecule has 0 amide bonds. The summed E-state index contributed by atoms with van der Waals surface area (Å²) < 4.78 is 2.20. The van der Waals surface area contributed by atoms with Gasteiger partial charge in [-0.25, -0.2) is 4.98 Å². The average Bonchev–Trinajstić information content (AvgIpc) is 3.34. The highest BCUT2D eigenvalue weighted by Gasteiger charge is 2.11. The van der Waals surface area contributed by atoms with Crippen LogP contribution < -0.4 is 5.56 Å². The van der Waals surface area contributed by atoms with Gasteiger partial charge in [0, 0.05) is 24.8 Å². The lowest BCUT2D eigenvalue weighted by Crippen LogP contribution is -2.21. The molecule has 0 bridgehead atoms. The highest BCUT2D eigenvalue weighted by Crippen LogP contribution is 2.23. The topological polar surface area (TPSA) is 79.2 Å². The Morgan fingerprint density at radius 2 is 2.23 bits per heavy atom. The van der Waals surface area contributed by atoms with E-state index in [9.17, 15) is 4.79 Å². The first-order chi connectivity index (χ1) is 12.6. The number of nitrogens with zero attached hydrogens (tertiary/aromatic N) is 5. The number of thiophene rings is 1. The maximum Gasteiger partial charge on any atom is 0.275 e. The number of aromatic nitrogens is 5. The summed E-state index contributed by atoms with van der Waals surface area (Å²) in [6, 6.07) is 7.68. The monoisotopic (exact) mass is 404 g/mol. The number of nitrogens with one attached hydrogen (secondary N) is 1. The quantitative estimate of drug-likeness (QED) is 0.498. The van der Waals surface area contributed by atoms with Gasteiger partial charge in [0.05, 0.1) is 10.6 Å². The fraction of sp³-hybridized carbons (Fsp3) is 0.250. The van der Waals surface area contributed by atoms with Crippen LogP contribution in [0, 0.1) is 0 Å². The second kappa shape index (κ2) is 7.31. The molecule has 0 unspecified atom stereocenters. The fourth-order valence-electron chi connectivity index (χ4n) is 2.62. The van der Waals surface area contributed by atoms with Gasteiger partial charge in [0.25, 0.3) is 5.56 Å². The van der Waals surface area contributed by atoms with E-state index in [0.717, 1.165) is 26.3 Å². The van der Waals surface area contributed by atoms with Crippen molar-refractivity contribution >= 4 is 39.4 Å². The molecule has 7 nitrogen and oxygen atoms in total. The van der Waals surface area contributed by atoms with Crippen LogP contribution in [0.25, 0.3) is 15.5 Å². The van der Waals surface area contributed by atoms with E-state index >= 15 is 0 Å². The molecule has 0 fully saturated rings. The van der Waals surface area contributed by atoms with E-state index in [2.05, 4.69) is 37.3 Å². The Morgan fingerprint density at radius 1 is 1.35 bits per heavy atom. The van der Waals surface area contributed by atoms with Crippen molar-refractivity contribution in [1.82, 2.24) is 29.7 Å². The Morgan fingerprint density at radius 3 is 3.00 bits per heavy atom. The number of rotatable bonds is 6. The molecule has 1 N–H and O–H groups in total. The summed E-state index contributed by atoms with van der Waals surface area (Å²) in [6.45, 7) is 1.27. The number of thioether (sulfide) groups is 1. The predicted octanol–water partition coefficient (Wildman–Crippen LogP) is 2.96. The van der Waals surface area contributed by atoms with E-state index in [1.54, 1.807) is 17.4 Å². The molecular formula is C16H16N6OS3. The zero-order valence-electron chi connectivity index (χ0n) is 14.2. The highest BCUT2D eigenvalue weighted by molar-refractivity contribution is 8.00. The van der Waals surface area contributed by atoms with Crippen molar-refractivity contribution in [1.29, 1.82) is 0 Å². The van der Waals surface area contributed by atoms with Crippen LogP contribution in [0.1, 0.15) is 11.4 Å². The zero-order valence-corrected chi connectivity index (χ0v) is 16.6. The standard InChI is InChI=1S/C16H16N6OS3/c1-21(9-11-6-12(19-18-11)13-4-3-5-25-13)8-10-7-14(23)22-15(17-10)26-16(20-22)24-2/h3-7H,8-9H2,1-2H3,(H,18,19). The van der Waals surface area contributed by atoms with E-state index in [-0.39, 0.29) is 5.56 Å². The Labute approximate surface area is 161 Å². The summed E-state index contributed by atoms with van der Waals surface area (Å²) in [6.07, 6.45) is 1.94. The van der Waals surface area contributed by atoms with Crippen LogP contribution >= 0.6 is 34.4 Å². The molecular weight excluding hydrogens is 388 g/mol. The third-order valence-corrected chi connectivity index (χ3v) is 6.51. The minimum Gasteiger partial charge on any atom is -0.295 e. The Bertz CT molecular complexity index is 1080. The molecule has 0 spiro atoms. The average molecular weight is 405 g/mol. The number of aromatic amines is 1. The molecule has 26 heavy (non-hydrogen) atoms. The SMILES string of the molecule is CSc1nn2c(=O)cc(CN(C)Cc3cc(-c4cccs4)n[nH]3)nc2s1. The van der Waals surface area contributed by atoms with Gasteiger partial charge >= 0.3 is 0 Å². The van der Waals surface area contributed by atoms with Gasteiger partial charge in [0.15, 0.2) is 4.34 Å². The lowest BCUT2D eigenvalue weighted by atomic mass is 10.3. The number of hydrogen-bond donors (Lipinski definition) is 1. The summed E-state index contributed by atoms with van der Waals surface area (Å²) in [4.78, 5) is 20.7. The van der Waals surface area contributed by atoms with Crippen molar-refractivity contribution < 1.29 is 0 Å². The van der Waals surface area contributed by atoms with E-state index in [1.807, 2.05) is 24.7 Å². The molecule has 0 atom stereocenters. The first-order valence-corrected chi connectivity index (χ1v) is 10.7. The largest absolute Gasteiger partial charge is 0.295 e. The minimum absolute atomic E-state index is 0.142. The molecule has 4 rings (SSSR count). The summed E-state index contributed by atoms with van der Waals surface area (Å²) in [5, 5.41) is 13.7.